The fraction of sp³-hybridized carbons (Fsp3) is 0.455. The van der Waals surface area contributed by atoms with Gasteiger partial charge in [-0.05, 0) is 6.07 Å². The van der Waals surface area contributed by atoms with E-state index in [-0.39, 0.29) is 24.7 Å². The summed E-state index contributed by atoms with van der Waals surface area (Å²) in [7, 11) is 0. The standard InChI is InChI=1S/C11H12F3N3O2/c12-6-4-7(15-5-6)10(18)17-8-2-1-3-9(16-8)19-11(13)14/h1-3,6-7,11,15H,4-5H2,(H,16,17,18)/t6-,7+/m1/s1. The smallest absolute Gasteiger partial charge is 0.388 e. The summed E-state index contributed by atoms with van der Waals surface area (Å²) >= 11 is 0. The highest BCUT2D eigenvalue weighted by atomic mass is 19.3. The number of alkyl halides is 3. The number of pyridine rings is 1. The van der Waals surface area contributed by atoms with Crippen molar-refractivity contribution < 1.29 is 22.7 Å². The number of carbonyl (C=O) groups is 1. The minimum absolute atomic E-state index is 0.0762. The van der Waals surface area contributed by atoms with E-state index in [1.54, 1.807) is 0 Å². The van der Waals surface area contributed by atoms with Crippen molar-refractivity contribution in [1.82, 2.24) is 10.3 Å². The van der Waals surface area contributed by atoms with Gasteiger partial charge in [-0.2, -0.15) is 13.8 Å². The molecular formula is C11H12F3N3O2. The van der Waals surface area contributed by atoms with E-state index in [9.17, 15) is 18.0 Å². The SMILES string of the molecule is O=C(Nc1cccc(OC(F)F)n1)[C@@H]1C[C@@H](F)CN1. The van der Waals surface area contributed by atoms with E-state index in [0.717, 1.165) is 0 Å². The summed E-state index contributed by atoms with van der Waals surface area (Å²) in [6.45, 7) is -2.86. The Kier molecular flexibility index (Phi) is 4.20. The van der Waals surface area contributed by atoms with Crippen LogP contribution in [0.4, 0.5) is 19.0 Å². The Bertz CT molecular complexity index is 459. The highest BCUT2D eigenvalue weighted by Gasteiger charge is 2.29. The number of halogens is 3. The van der Waals surface area contributed by atoms with E-state index in [0.29, 0.717) is 0 Å². The van der Waals surface area contributed by atoms with Crippen LogP contribution in [0.2, 0.25) is 0 Å². The number of carbonyl (C=O) groups excluding carboxylic acids is 1. The number of aromatic nitrogens is 1. The zero-order valence-electron chi connectivity index (χ0n) is 9.78. The Hall–Kier alpha value is -1.83. The summed E-state index contributed by atoms with van der Waals surface area (Å²) < 4.78 is 41.0. The van der Waals surface area contributed by atoms with E-state index < -0.39 is 24.7 Å². The molecule has 1 aromatic heterocycles. The maximum atomic E-state index is 12.9. The van der Waals surface area contributed by atoms with E-state index >= 15 is 0 Å². The van der Waals surface area contributed by atoms with Gasteiger partial charge in [-0.1, -0.05) is 6.07 Å². The number of nitrogens with one attached hydrogen (secondary N) is 2. The third-order valence-corrected chi connectivity index (χ3v) is 2.58. The Morgan fingerprint density at radius 1 is 1.53 bits per heavy atom. The van der Waals surface area contributed by atoms with E-state index in [1.165, 1.54) is 18.2 Å². The Morgan fingerprint density at radius 3 is 2.95 bits per heavy atom. The molecule has 104 valence electrons. The molecule has 0 saturated carbocycles. The molecule has 0 aliphatic carbocycles. The summed E-state index contributed by atoms with van der Waals surface area (Å²) in [5.41, 5.74) is 0. The molecule has 2 rings (SSSR count). The van der Waals surface area contributed by atoms with Crippen molar-refractivity contribution in [3.63, 3.8) is 0 Å². The minimum atomic E-state index is -2.98. The summed E-state index contributed by atoms with van der Waals surface area (Å²) in [5.74, 6) is -0.676. The lowest BCUT2D eigenvalue weighted by Gasteiger charge is -2.11. The maximum Gasteiger partial charge on any atom is 0.388 e. The van der Waals surface area contributed by atoms with Gasteiger partial charge in [-0.3, -0.25) is 4.79 Å². The normalized spacial score (nSPS) is 22.5. The van der Waals surface area contributed by atoms with Gasteiger partial charge in [-0.25, -0.2) is 4.39 Å². The summed E-state index contributed by atoms with van der Waals surface area (Å²) in [4.78, 5) is 15.4. The molecule has 1 amide bonds. The first-order chi connectivity index (χ1) is 9.04. The van der Waals surface area contributed by atoms with Crippen LogP contribution >= 0.6 is 0 Å². The number of nitrogens with zero attached hydrogens (tertiary/aromatic N) is 1. The molecule has 19 heavy (non-hydrogen) atoms. The molecule has 8 heteroatoms. The van der Waals surface area contributed by atoms with Crippen LogP contribution in [-0.4, -0.2) is 36.3 Å². The summed E-state index contributed by atoms with van der Waals surface area (Å²) in [5, 5.41) is 5.12. The molecule has 2 atom stereocenters. The molecule has 0 aromatic carbocycles. The van der Waals surface area contributed by atoms with Gasteiger partial charge in [0.15, 0.2) is 0 Å². The Balaban J connectivity index is 1.96. The first kappa shape index (κ1) is 13.6. The van der Waals surface area contributed by atoms with E-state index in [2.05, 4.69) is 20.4 Å². The second-order valence-corrected chi connectivity index (χ2v) is 4.02. The van der Waals surface area contributed by atoms with Gasteiger partial charge >= 0.3 is 6.61 Å². The van der Waals surface area contributed by atoms with Crippen molar-refractivity contribution in [2.45, 2.75) is 25.2 Å². The second kappa shape index (κ2) is 5.87. The molecule has 0 unspecified atom stereocenters. The van der Waals surface area contributed by atoms with Gasteiger partial charge in [0.05, 0.1) is 6.04 Å². The van der Waals surface area contributed by atoms with Crippen LogP contribution in [0, 0.1) is 0 Å². The molecule has 2 N–H and O–H groups in total. The van der Waals surface area contributed by atoms with Gasteiger partial charge in [0.1, 0.15) is 12.0 Å². The number of amides is 1. The second-order valence-electron chi connectivity index (χ2n) is 4.02. The maximum absolute atomic E-state index is 12.9. The van der Waals surface area contributed by atoms with Crippen LogP contribution in [0.3, 0.4) is 0 Å². The number of hydrogen-bond acceptors (Lipinski definition) is 4. The third-order valence-electron chi connectivity index (χ3n) is 2.58. The highest BCUT2D eigenvalue weighted by Crippen LogP contribution is 2.16. The Labute approximate surface area is 107 Å². The molecule has 5 nitrogen and oxygen atoms in total. The minimum Gasteiger partial charge on any atom is -0.417 e. The van der Waals surface area contributed by atoms with Crippen LogP contribution in [0.25, 0.3) is 0 Å². The van der Waals surface area contributed by atoms with E-state index in [4.69, 9.17) is 0 Å². The molecule has 1 fully saturated rings. The van der Waals surface area contributed by atoms with Gasteiger partial charge in [0.25, 0.3) is 0 Å². The number of anilines is 1. The molecular weight excluding hydrogens is 263 g/mol. The van der Waals surface area contributed by atoms with Crippen molar-refractivity contribution in [2.24, 2.45) is 0 Å². The third kappa shape index (κ3) is 3.82. The molecule has 2 heterocycles. The van der Waals surface area contributed by atoms with Crippen LogP contribution < -0.4 is 15.4 Å². The van der Waals surface area contributed by atoms with Crippen LogP contribution in [0.15, 0.2) is 18.2 Å². The van der Waals surface area contributed by atoms with Gasteiger partial charge in [0.2, 0.25) is 11.8 Å². The zero-order valence-corrected chi connectivity index (χ0v) is 9.78. The van der Waals surface area contributed by atoms with Crippen molar-refractivity contribution in [2.75, 3.05) is 11.9 Å². The first-order valence-corrected chi connectivity index (χ1v) is 5.65. The van der Waals surface area contributed by atoms with Crippen LogP contribution in [0.1, 0.15) is 6.42 Å². The van der Waals surface area contributed by atoms with Crippen molar-refractivity contribution in [3.05, 3.63) is 18.2 Å². The number of hydrogen-bond donors (Lipinski definition) is 2. The predicted octanol–water partition coefficient (Wildman–Crippen LogP) is 1.32. The molecule has 1 aromatic rings. The molecule has 1 saturated heterocycles. The quantitative estimate of drug-likeness (QED) is 0.870. The summed E-state index contributed by atoms with van der Waals surface area (Å²) in [6.07, 6.45) is -0.976. The van der Waals surface area contributed by atoms with Gasteiger partial charge in [0, 0.05) is 19.0 Å². The van der Waals surface area contributed by atoms with Crippen LogP contribution in [0.5, 0.6) is 5.88 Å². The highest BCUT2D eigenvalue weighted by molar-refractivity contribution is 5.94. The lowest BCUT2D eigenvalue weighted by atomic mass is 10.2. The molecule has 0 bridgehead atoms. The Morgan fingerprint density at radius 2 is 2.32 bits per heavy atom. The average molecular weight is 275 g/mol. The van der Waals surface area contributed by atoms with Gasteiger partial charge < -0.3 is 15.4 Å². The average Bonchev–Trinajstić information content (AvgIpc) is 2.75. The molecule has 1 aliphatic rings. The lowest BCUT2D eigenvalue weighted by molar-refractivity contribution is -0.117. The van der Waals surface area contributed by atoms with E-state index in [1.807, 2.05) is 0 Å². The monoisotopic (exact) mass is 275 g/mol. The zero-order chi connectivity index (χ0) is 13.8. The van der Waals surface area contributed by atoms with Crippen molar-refractivity contribution >= 4 is 11.7 Å². The topological polar surface area (TPSA) is 63.2 Å². The number of rotatable bonds is 4. The largest absolute Gasteiger partial charge is 0.417 e. The fourth-order valence-electron chi connectivity index (χ4n) is 1.75. The summed E-state index contributed by atoms with van der Waals surface area (Å²) in [6, 6.07) is 3.45. The predicted molar refractivity (Wildman–Crippen MR) is 60.8 cm³/mol. The molecule has 1 aliphatic heterocycles. The van der Waals surface area contributed by atoms with Crippen molar-refractivity contribution in [3.8, 4) is 5.88 Å². The first-order valence-electron chi connectivity index (χ1n) is 5.65. The van der Waals surface area contributed by atoms with Gasteiger partial charge in [-0.15, -0.1) is 0 Å². The van der Waals surface area contributed by atoms with Crippen LogP contribution in [-0.2, 0) is 4.79 Å². The number of ether oxygens (including phenoxy) is 1. The van der Waals surface area contributed by atoms with Crippen molar-refractivity contribution in [1.29, 1.82) is 0 Å². The molecule has 0 radical (unpaired) electrons. The molecule has 0 spiro atoms. The lowest BCUT2D eigenvalue weighted by Crippen LogP contribution is -2.35. The fourth-order valence-corrected chi connectivity index (χ4v) is 1.75.